The minimum absolute atomic E-state index is 0.558. The highest BCUT2D eigenvalue weighted by atomic mass is 28.4. The van der Waals surface area contributed by atoms with Gasteiger partial charge in [0.25, 0.3) is 0 Å². The van der Waals surface area contributed by atoms with E-state index < -0.39 is 25.8 Å². The van der Waals surface area contributed by atoms with Crippen LogP contribution in [0.4, 0.5) is 0 Å². The van der Waals surface area contributed by atoms with Gasteiger partial charge in [-0.3, -0.25) is 0 Å². The fourth-order valence-electron chi connectivity index (χ4n) is 4.82. The van der Waals surface area contributed by atoms with E-state index in [0.29, 0.717) is 5.67 Å². The van der Waals surface area contributed by atoms with E-state index in [1.54, 1.807) is 0 Å². The van der Waals surface area contributed by atoms with Gasteiger partial charge < -0.3 is 13.1 Å². The molecule has 0 N–H and O–H groups in total. The first-order valence-corrected chi connectivity index (χ1v) is 17.1. The lowest BCUT2D eigenvalue weighted by molar-refractivity contribution is 0.243. The van der Waals surface area contributed by atoms with Crippen LogP contribution in [0, 0.1) is 0 Å². The van der Waals surface area contributed by atoms with Crippen molar-refractivity contribution in [3.8, 4) is 0 Å². The summed E-state index contributed by atoms with van der Waals surface area (Å²) in [6, 6.07) is 8.19. The zero-order chi connectivity index (χ0) is 18.8. The van der Waals surface area contributed by atoms with E-state index in [1.807, 2.05) is 14.2 Å². The maximum absolute atomic E-state index is 5.97. The molecule has 0 bridgehead atoms. The Balaban J connectivity index is 6.35. The minimum Gasteiger partial charge on any atom is -0.399 e. The van der Waals surface area contributed by atoms with Gasteiger partial charge in [0.05, 0.1) is 0 Å². The monoisotopic (exact) mass is 391 g/mol. The molecule has 24 heavy (non-hydrogen) atoms. The van der Waals surface area contributed by atoms with Crippen molar-refractivity contribution in [3.05, 3.63) is 0 Å². The van der Waals surface area contributed by atoms with E-state index in [1.165, 1.54) is 49.1 Å². The van der Waals surface area contributed by atoms with Crippen molar-refractivity contribution in [2.24, 2.45) is 0 Å². The van der Waals surface area contributed by atoms with Crippen LogP contribution in [0.3, 0.4) is 0 Å². The maximum Gasteiger partial charge on any atom is 0.337 e. The standard InChI is InChI=1S/C18H45NO2Si3/c1-10-17-18(22(20-8)21-9)19(23(11-2,12-3)13-4)24(14-5,15-6)16-7/h18,22H,10-17H2,1-9H3. The first kappa shape index (κ1) is 24.5. The molecule has 0 aliphatic heterocycles. The largest absolute Gasteiger partial charge is 0.399 e. The summed E-state index contributed by atoms with van der Waals surface area (Å²) < 4.78 is 15.1. The van der Waals surface area contributed by atoms with E-state index >= 15 is 0 Å². The fraction of sp³-hybridized carbons (Fsp3) is 1.00. The Bertz CT molecular complexity index is 283. The van der Waals surface area contributed by atoms with Crippen LogP contribution in [0.2, 0.25) is 36.3 Å². The third-order valence-electron chi connectivity index (χ3n) is 6.67. The minimum atomic E-state index is -1.67. The normalized spacial score (nSPS) is 14.6. The van der Waals surface area contributed by atoms with Gasteiger partial charge in [0.1, 0.15) is 16.5 Å². The maximum atomic E-state index is 5.97. The Morgan fingerprint density at radius 2 is 1.04 bits per heavy atom. The third kappa shape index (κ3) is 5.04. The summed E-state index contributed by atoms with van der Waals surface area (Å²) >= 11 is 0. The molecule has 1 unspecified atom stereocenters. The van der Waals surface area contributed by atoms with Crippen molar-refractivity contribution < 1.29 is 8.85 Å². The SMILES string of the molecule is CCCC(N([Si](CC)(CC)CC)[Si](CC)(CC)CC)[SiH](OC)OC. The van der Waals surface area contributed by atoms with Crippen molar-refractivity contribution in [1.82, 2.24) is 4.23 Å². The zero-order valence-corrected chi connectivity index (χ0v) is 21.2. The predicted molar refractivity (Wildman–Crippen MR) is 116 cm³/mol. The second kappa shape index (κ2) is 12.0. The molecular formula is C18H45NO2Si3. The number of hydrogen-bond donors (Lipinski definition) is 0. The van der Waals surface area contributed by atoms with Crippen molar-refractivity contribution in [2.75, 3.05) is 14.2 Å². The van der Waals surface area contributed by atoms with Crippen LogP contribution in [-0.2, 0) is 8.85 Å². The van der Waals surface area contributed by atoms with Crippen LogP contribution in [0.5, 0.6) is 0 Å². The second-order valence-electron chi connectivity index (χ2n) is 7.14. The molecule has 0 saturated heterocycles. The van der Waals surface area contributed by atoms with Crippen molar-refractivity contribution >= 4 is 25.8 Å². The fourth-order valence-corrected chi connectivity index (χ4v) is 22.7. The van der Waals surface area contributed by atoms with Gasteiger partial charge in [0.15, 0.2) is 0 Å². The highest BCUT2D eigenvalue weighted by Crippen LogP contribution is 2.39. The second-order valence-corrected chi connectivity index (χ2v) is 20.1. The average Bonchev–Trinajstić information content (AvgIpc) is 2.63. The Morgan fingerprint density at radius 3 is 1.25 bits per heavy atom. The molecule has 0 saturated carbocycles. The van der Waals surface area contributed by atoms with Gasteiger partial charge in [-0.2, -0.15) is 0 Å². The first-order chi connectivity index (χ1) is 11.5. The highest BCUT2D eigenvalue weighted by Gasteiger charge is 2.51. The molecule has 3 nitrogen and oxygen atoms in total. The lowest BCUT2D eigenvalue weighted by atomic mass is 10.3. The molecule has 6 heteroatoms. The van der Waals surface area contributed by atoms with Gasteiger partial charge in [-0.25, -0.2) is 0 Å². The molecular weight excluding hydrogens is 346 g/mol. The van der Waals surface area contributed by atoms with E-state index in [-0.39, 0.29) is 0 Å². The average molecular weight is 392 g/mol. The van der Waals surface area contributed by atoms with Crippen LogP contribution in [0.25, 0.3) is 0 Å². The molecule has 0 fully saturated rings. The summed E-state index contributed by atoms with van der Waals surface area (Å²) in [5.74, 6) is 0. The highest BCUT2D eigenvalue weighted by molar-refractivity contribution is 6.93. The van der Waals surface area contributed by atoms with Gasteiger partial charge in [-0.1, -0.05) is 54.9 Å². The van der Waals surface area contributed by atoms with Gasteiger partial charge in [0.2, 0.25) is 0 Å². The Morgan fingerprint density at radius 1 is 0.708 bits per heavy atom. The molecule has 146 valence electrons. The summed E-state index contributed by atoms with van der Waals surface area (Å²) in [7, 11) is -0.860. The Hall–Kier alpha value is 0.531. The molecule has 0 aromatic carbocycles. The molecule has 0 amide bonds. The number of hydrogen-bond acceptors (Lipinski definition) is 3. The van der Waals surface area contributed by atoms with E-state index in [9.17, 15) is 0 Å². The van der Waals surface area contributed by atoms with E-state index in [0.717, 1.165) is 0 Å². The first-order valence-electron chi connectivity index (χ1n) is 10.3. The van der Waals surface area contributed by atoms with Crippen LogP contribution < -0.4 is 0 Å². The Labute approximate surface area is 156 Å². The predicted octanol–water partition coefficient (Wildman–Crippen LogP) is 5.52. The quantitative estimate of drug-likeness (QED) is 0.364. The van der Waals surface area contributed by atoms with E-state index in [4.69, 9.17) is 8.85 Å². The lowest BCUT2D eigenvalue weighted by Crippen LogP contribution is -2.72. The van der Waals surface area contributed by atoms with Gasteiger partial charge in [-0.05, 0) is 42.7 Å². The Kier molecular flexibility index (Phi) is 12.3. The lowest BCUT2D eigenvalue weighted by Gasteiger charge is -2.56. The third-order valence-corrected chi connectivity index (χ3v) is 22.9. The summed E-state index contributed by atoms with van der Waals surface area (Å²) in [5, 5.41) is 0. The van der Waals surface area contributed by atoms with Crippen LogP contribution in [0.1, 0.15) is 61.3 Å². The number of nitrogens with zero attached hydrogens (tertiary/aromatic N) is 1. The van der Waals surface area contributed by atoms with Crippen LogP contribution in [0.15, 0.2) is 0 Å². The van der Waals surface area contributed by atoms with Gasteiger partial charge >= 0.3 is 9.28 Å². The molecule has 0 aliphatic carbocycles. The van der Waals surface area contributed by atoms with Crippen molar-refractivity contribution in [1.29, 1.82) is 0 Å². The molecule has 0 aliphatic rings. The molecule has 0 rings (SSSR count). The molecule has 0 heterocycles. The van der Waals surface area contributed by atoms with Crippen LogP contribution >= 0.6 is 0 Å². The molecule has 0 spiro atoms. The summed E-state index contributed by atoms with van der Waals surface area (Å²) in [6.07, 6.45) is 2.46. The molecule has 0 aromatic rings. The van der Waals surface area contributed by atoms with Gasteiger partial charge in [-0.15, -0.1) is 0 Å². The molecule has 0 aromatic heterocycles. The van der Waals surface area contributed by atoms with E-state index in [2.05, 4.69) is 52.7 Å². The molecule has 0 radical (unpaired) electrons. The van der Waals surface area contributed by atoms with Crippen molar-refractivity contribution in [3.63, 3.8) is 0 Å². The summed E-state index contributed by atoms with van der Waals surface area (Å²) in [6.45, 7) is 17.0. The number of rotatable bonds is 14. The smallest absolute Gasteiger partial charge is 0.337 e. The topological polar surface area (TPSA) is 21.7 Å². The molecule has 1 atom stereocenters. The zero-order valence-electron chi connectivity index (χ0n) is 18.1. The summed E-state index contributed by atoms with van der Waals surface area (Å²) in [4.78, 5) is 0. The van der Waals surface area contributed by atoms with Gasteiger partial charge in [0, 0.05) is 19.9 Å². The van der Waals surface area contributed by atoms with Crippen LogP contribution in [-0.4, -0.2) is 49.9 Å². The summed E-state index contributed by atoms with van der Waals surface area (Å²) in [5.41, 5.74) is 0.558. The van der Waals surface area contributed by atoms with Crippen molar-refractivity contribution in [2.45, 2.75) is 103 Å².